The summed E-state index contributed by atoms with van der Waals surface area (Å²) in [5.74, 6) is 0.0648. The van der Waals surface area contributed by atoms with E-state index in [1.54, 1.807) is 6.20 Å². The van der Waals surface area contributed by atoms with Crippen molar-refractivity contribution >= 4 is 16.7 Å². The highest BCUT2D eigenvalue weighted by Crippen LogP contribution is 2.19. The van der Waals surface area contributed by atoms with Crippen molar-refractivity contribution in [2.75, 3.05) is 0 Å². The number of benzene rings is 2. The average Bonchev–Trinajstić information content (AvgIpc) is 2.53. The number of aromatic nitrogens is 1. The quantitative estimate of drug-likeness (QED) is 0.666. The molecule has 0 spiro atoms. The second-order valence-corrected chi connectivity index (χ2v) is 4.75. The fraction of sp³-hybridized carbons (Fsp3) is 0.111. The first-order valence-electron chi connectivity index (χ1n) is 6.77. The summed E-state index contributed by atoms with van der Waals surface area (Å²) in [4.78, 5) is 17.0. The van der Waals surface area contributed by atoms with Crippen LogP contribution in [0.4, 0.5) is 0 Å². The Hall–Kier alpha value is -2.48. The van der Waals surface area contributed by atoms with Gasteiger partial charge in [0, 0.05) is 22.7 Å². The molecule has 0 fully saturated rings. The zero-order chi connectivity index (χ0) is 13.9. The van der Waals surface area contributed by atoms with E-state index in [1.807, 2.05) is 54.6 Å². The van der Waals surface area contributed by atoms with E-state index in [-0.39, 0.29) is 5.78 Å². The minimum Gasteiger partial charge on any atom is -0.289 e. The lowest BCUT2D eigenvalue weighted by molar-refractivity contribution is 0.103. The Bertz CT molecular complexity index is 777. The first-order valence-corrected chi connectivity index (χ1v) is 6.77. The molecule has 0 aliphatic heterocycles. The summed E-state index contributed by atoms with van der Waals surface area (Å²) in [7, 11) is 0. The van der Waals surface area contributed by atoms with Gasteiger partial charge in [-0.15, -0.1) is 0 Å². The number of rotatable bonds is 3. The molecule has 98 valence electrons. The van der Waals surface area contributed by atoms with Crippen molar-refractivity contribution in [3.05, 3.63) is 77.5 Å². The van der Waals surface area contributed by atoms with E-state index >= 15 is 0 Å². The smallest absolute Gasteiger partial charge is 0.193 e. The molecule has 20 heavy (non-hydrogen) atoms. The van der Waals surface area contributed by atoms with Crippen molar-refractivity contribution < 1.29 is 4.79 Å². The topological polar surface area (TPSA) is 30.0 Å². The molecular weight excluding hydrogens is 246 g/mol. The Morgan fingerprint density at radius 1 is 1.05 bits per heavy atom. The van der Waals surface area contributed by atoms with Crippen LogP contribution in [0.2, 0.25) is 0 Å². The van der Waals surface area contributed by atoms with E-state index in [2.05, 4.69) is 11.9 Å². The van der Waals surface area contributed by atoms with Gasteiger partial charge >= 0.3 is 0 Å². The molecule has 0 unspecified atom stereocenters. The van der Waals surface area contributed by atoms with Crippen LogP contribution in [-0.4, -0.2) is 10.8 Å². The maximum atomic E-state index is 12.6. The standard InChI is InChI=1S/C18H15NO/c1-2-13-6-3-4-8-16(13)18(20)15-10-9-14-7-5-11-19-17(14)12-15/h3-12H,2H2,1H3. The lowest BCUT2D eigenvalue weighted by Gasteiger charge is -2.07. The average molecular weight is 261 g/mol. The van der Waals surface area contributed by atoms with Crippen LogP contribution in [-0.2, 0) is 6.42 Å². The monoisotopic (exact) mass is 261 g/mol. The number of ketones is 1. The van der Waals surface area contributed by atoms with Crippen LogP contribution in [0.1, 0.15) is 28.4 Å². The van der Waals surface area contributed by atoms with Gasteiger partial charge in [0.2, 0.25) is 0 Å². The zero-order valence-electron chi connectivity index (χ0n) is 11.3. The molecule has 0 amide bonds. The van der Waals surface area contributed by atoms with E-state index < -0.39 is 0 Å². The fourth-order valence-electron chi connectivity index (χ4n) is 2.41. The summed E-state index contributed by atoms with van der Waals surface area (Å²) >= 11 is 0. The van der Waals surface area contributed by atoms with Gasteiger partial charge in [-0.1, -0.05) is 49.4 Å². The number of hydrogen-bond acceptors (Lipinski definition) is 2. The van der Waals surface area contributed by atoms with Gasteiger partial charge in [0.1, 0.15) is 0 Å². The molecule has 0 saturated heterocycles. The minimum absolute atomic E-state index is 0.0648. The van der Waals surface area contributed by atoms with Crippen LogP contribution < -0.4 is 0 Å². The summed E-state index contributed by atoms with van der Waals surface area (Å²) in [6, 6.07) is 17.4. The minimum atomic E-state index is 0.0648. The van der Waals surface area contributed by atoms with E-state index in [9.17, 15) is 4.79 Å². The maximum absolute atomic E-state index is 12.6. The third-order valence-corrected chi connectivity index (χ3v) is 3.51. The molecule has 0 bridgehead atoms. The molecule has 0 radical (unpaired) electrons. The molecule has 1 heterocycles. The van der Waals surface area contributed by atoms with Crippen molar-refractivity contribution in [3.8, 4) is 0 Å². The molecule has 0 aliphatic carbocycles. The van der Waals surface area contributed by atoms with Crippen molar-refractivity contribution in [2.24, 2.45) is 0 Å². The highest BCUT2D eigenvalue weighted by atomic mass is 16.1. The molecule has 1 aromatic heterocycles. The Morgan fingerprint density at radius 2 is 1.90 bits per heavy atom. The maximum Gasteiger partial charge on any atom is 0.193 e. The molecule has 0 saturated carbocycles. The Balaban J connectivity index is 2.08. The lowest BCUT2D eigenvalue weighted by Crippen LogP contribution is -2.05. The van der Waals surface area contributed by atoms with Crippen molar-refractivity contribution in [1.82, 2.24) is 4.98 Å². The summed E-state index contributed by atoms with van der Waals surface area (Å²) < 4.78 is 0. The number of fused-ring (bicyclic) bond motifs is 1. The molecule has 0 aliphatic rings. The number of carbonyl (C=O) groups is 1. The molecule has 3 rings (SSSR count). The van der Waals surface area contributed by atoms with Crippen LogP contribution >= 0.6 is 0 Å². The molecule has 0 N–H and O–H groups in total. The Labute approximate surface area is 118 Å². The van der Waals surface area contributed by atoms with E-state index in [0.717, 1.165) is 28.5 Å². The SMILES string of the molecule is CCc1ccccc1C(=O)c1ccc2cccnc2c1. The van der Waals surface area contributed by atoms with Crippen LogP contribution in [0.5, 0.6) is 0 Å². The second-order valence-electron chi connectivity index (χ2n) is 4.75. The second kappa shape index (κ2) is 5.25. The first kappa shape index (κ1) is 12.5. The lowest BCUT2D eigenvalue weighted by atomic mass is 9.96. The summed E-state index contributed by atoms with van der Waals surface area (Å²) in [6.07, 6.45) is 2.60. The number of carbonyl (C=O) groups excluding carboxylic acids is 1. The van der Waals surface area contributed by atoms with E-state index in [1.165, 1.54) is 0 Å². The fourth-order valence-corrected chi connectivity index (χ4v) is 2.41. The summed E-state index contributed by atoms with van der Waals surface area (Å²) in [5, 5.41) is 1.05. The third-order valence-electron chi connectivity index (χ3n) is 3.51. The van der Waals surface area contributed by atoms with Gasteiger partial charge < -0.3 is 0 Å². The van der Waals surface area contributed by atoms with Crippen LogP contribution in [0, 0.1) is 0 Å². The highest BCUT2D eigenvalue weighted by molar-refractivity contribution is 6.11. The van der Waals surface area contributed by atoms with Gasteiger partial charge in [0.25, 0.3) is 0 Å². The molecular formula is C18H15NO. The van der Waals surface area contributed by atoms with Gasteiger partial charge in [-0.25, -0.2) is 0 Å². The molecule has 2 heteroatoms. The zero-order valence-corrected chi connectivity index (χ0v) is 11.3. The van der Waals surface area contributed by atoms with E-state index in [0.29, 0.717) is 5.56 Å². The Morgan fingerprint density at radius 3 is 2.75 bits per heavy atom. The largest absolute Gasteiger partial charge is 0.289 e. The number of pyridine rings is 1. The van der Waals surface area contributed by atoms with E-state index in [4.69, 9.17) is 0 Å². The van der Waals surface area contributed by atoms with Crippen LogP contribution in [0.3, 0.4) is 0 Å². The summed E-state index contributed by atoms with van der Waals surface area (Å²) in [6.45, 7) is 2.06. The number of aryl methyl sites for hydroxylation is 1. The van der Waals surface area contributed by atoms with Crippen molar-refractivity contribution in [3.63, 3.8) is 0 Å². The van der Waals surface area contributed by atoms with Gasteiger partial charge in [0.15, 0.2) is 5.78 Å². The van der Waals surface area contributed by atoms with Gasteiger partial charge in [-0.2, -0.15) is 0 Å². The first-order chi connectivity index (χ1) is 9.79. The predicted octanol–water partition coefficient (Wildman–Crippen LogP) is 4.03. The van der Waals surface area contributed by atoms with Crippen molar-refractivity contribution in [1.29, 1.82) is 0 Å². The molecule has 3 aromatic rings. The molecule has 2 nitrogen and oxygen atoms in total. The van der Waals surface area contributed by atoms with Crippen LogP contribution in [0.15, 0.2) is 60.8 Å². The van der Waals surface area contributed by atoms with Crippen LogP contribution in [0.25, 0.3) is 10.9 Å². The van der Waals surface area contributed by atoms with Gasteiger partial charge in [0.05, 0.1) is 5.52 Å². The summed E-state index contributed by atoms with van der Waals surface area (Å²) in [5.41, 5.74) is 3.41. The highest BCUT2D eigenvalue weighted by Gasteiger charge is 2.12. The molecule has 2 aromatic carbocycles. The van der Waals surface area contributed by atoms with Crippen molar-refractivity contribution in [2.45, 2.75) is 13.3 Å². The molecule has 0 atom stereocenters. The number of nitrogens with zero attached hydrogens (tertiary/aromatic N) is 1. The third kappa shape index (κ3) is 2.21. The Kier molecular flexibility index (Phi) is 3.30. The van der Waals surface area contributed by atoms with Gasteiger partial charge in [-0.3, -0.25) is 9.78 Å². The normalized spacial score (nSPS) is 10.7. The predicted molar refractivity (Wildman–Crippen MR) is 81.0 cm³/mol. The van der Waals surface area contributed by atoms with Gasteiger partial charge in [-0.05, 0) is 24.1 Å². The number of hydrogen-bond donors (Lipinski definition) is 0.